The fraction of sp³-hybridized carbons (Fsp3) is 0.346. The van der Waals surface area contributed by atoms with Crippen molar-refractivity contribution in [3.05, 3.63) is 70.9 Å². The van der Waals surface area contributed by atoms with Crippen molar-refractivity contribution in [1.29, 1.82) is 5.26 Å². The van der Waals surface area contributed by atoms with Crippen LogP contribution in [0.25, 0.3) is 11.1 Å². The lowest BCUT2D eigenvalue weighted by Crippen LogP contribution is -2.06. The molecule has 0 spiro atoms. The van der Waals surface area contributed by atoms with Crippen molar-refractivity contribution in [2.45, 2.75) is 59.8 Å². The minimum Gasteiger partial charge on any atom is -0.295 e. The van der Waals surface area contributed by atoms with Crippen LogP contribution >= 0.6 is 0 Å². The first-order chi connectivity index (χ1) is 14.0. The van der Waals surface area contributed by atoms with Gasteiger partial charge in [-0.15, -0.1) is 0 Å². The van der Waals surface area contributed by atoms with E-state index < -0.39 is 0 Å². The molecule has 150 valence electrons. The number of allylic oxidation sites excluding steroid dienone is 2. The van der Waals surface area contributed by atoms with Crippen LogP contribution in [0.3, 0.4) is 0 Å². The highest BCUT2D eigenvalue weighted by atomic mass is 16.1. The van der Waals surface area contributed by atoms with Crippen LogP contribution in [-0.4, -0.2) is 11.5 Å². The second kappa shape index (κ2) is 11.1. The Morgan fingerprint density at radius 3 is 2.31 bits per heavy atom. The van der Waals surface area contributed by atoms with Crippen LogP contribution in [0.1, 0.15) is 64.5 Å². The number of unbranched alkanes of at least 4 members (excludes halogenated alkanes) is 1. The van der Waals surface area contributed by atoms with Crippen molar-refractivity contribution in [2.75, 3.05) is 0 Å². The number of nitriles is 1. The number of carbonyl (C=O) groups excluding carboxylic acids is 1. The fourth-order valence-electron chi connectivity index (χ4n) is 3.20. The highest BCUT2D eigenvalue weighted by Crippen LogP contribution is 2.25. The molecule has 0 aliphatic heterocycles. The lowest BCUT2D eigenvalue weighted by Gasteiger charge is -2.12. The van der Waals surface area contributed by atoms with Gasteiger partial charge in [-0.2, -0.15) is 5.26 Å². The zero-order valence-corrected chi connectivity index (χ0v) is 18.0. The zero-order valence-electron chi connectivity index (χ0n) is 18.0. The topological polar surface area (TPSA) is 53.2 Å². The maximum absolute atomic E-state index is 12.4. The van der Waals surface area contributed by atoms with Crippen molar-refractivity contribution in [3.63, 3.8) is 0 Å². The molecule has 0 N–H and O–H groups in total. The molecule has 0 atom stereocenters. The summed E-state index contributed by atoms with van der Waals surface area (Å²) in [7, 11) is 0. The lowest BCUT2D eigenvalue weighted by molar-refractivity contribution is -0.113. The van der Waals surface area contributed by atoms with Gasteiger partial charge in [0.05, 0.1) is 11.6 Å². The molecule has 3 heteroatoms. The van der Waals surface area contributed by atoms with Crippen LogP contribution in [0.2, 0.25) is 0 Å². The number of carbonyl (C=O) groups is 1. The molecule has 0 unspecified atom stereocenters. The summed E-state index contributed by atoms with van der Waals surface area (Å²) in [6, 6.07) is 18.0. The number of benzene rings is 2. The molecular formula is C26H30N2O. The van der Waals surface area contributed by atoms with Crippen LogP contribution in [-0.2, 0) is 11.2 Å². The van der Waals surface area contributed by atoms with Gasteiger partial charge in [-0.1, -0.05) is 62.7 Å². The van der Waals surface area contributed by atoms with Gasteiger partial charge in [0.15, 0.2) is 5.78 Å². The second-order valence-electron chi connectivity index (χ2n) is 7.32. The molecule has 29 heavy (non-hydrogen) atoms. The van der Waals surface area contributed by atoms with Gasteiger partial charge in [-0.05, 0) is 55.9 Å². The number of hydrogen-bond donors (Lipinski definition) is 0. The molecule has 0 saturated heterocycles. The maximum Gasteiger partial charge on any atom is 0.157 e. The first-order valence-electron chi connectivity index (χ1n) is 10.4. The van der Waals surface area contributed by atoms with Crippen molar-refractivity contribution < 1.29 is 4.79 Å². The normalized spacial score (nSPS) is 12.3. The van der Waals surface area contributed by atoms with E-state index in [1.807, 2.05) is 55.5 Å². The summed E-state index contributed by atoms with van der Waals surface area (Å²) in [5, 5.41) is 9.33. The molecule has 0 fully saturated rings. The minimum atomic E-state index is 0.0858. The second-order valence-corrected chi connectivity index (χ2v) is 7.32. The molecule has 0 bridgehead atoms. The van der Waals surface area contributed by atoms with E-state index in [0.717, 1.165) is 59.4 Å². The molecule has 0 saturated carbocycles. The number of rotatable bonds is 9. The molecule has 2 aromatic rings. The SMILES string of the molecule is CCCCC(/N=C(\C)CC)=C(\Cc1ccc(-c2ccccc2C#N)cc1)C(C)=O. The molecule has 0 heterocycles. The van der Waals surface area contributed by atoms with Crippen LogP contribution in [0.5, 0.6) is 0 Å². The summed E-state index contributed by atoms with van der Waals surface area (Å²) in [6.45, 7) is 7.89. The maximum atomic E-state index is 12.4. The van der Waals surface area contributed by atoms with Crippen LogP contribution in [0, 0.1) is 11.3 Å². The van der Waals surface area contributed by atoms with Crippen molar-refractivity contribution in [3.8, 4) is 17.2 Å². The number of nitrogens with zero attached hydrogens (tertiary/aromatic N) is 2. The van der Waals surface area contributed by atoms with Gasteiger partial charge < -0.3 is 0 Å². The largest absolute Gasteiger partial charge is 0.295 e. The minimum absolute atomic E-state index is 0.0858. The average Bonchev–Trinajstić information content (AvgIpc) is 2.75. The fourth-order valence-corrected chi connectivity index (χ4v) is 3.20. The van der Waals surface area contributed by atoms with E-state index in [1.54, 1.807) is 6.92 Å². The van der Waals surface area contributed by atoms with Crippen molar-refractivity contribution >= 4 is 11.5 Å². The smallest absolute Gasteiger partial charge is 0.157 e. The van der Waals surface area contributed by atoms with Crippen LogP contribution < -0.4 is 0 Å². The van der Waals surface area contributed by atoms with Gasteiger partial charge in [0.25, 0.3) is 0 Å². The Labute approximate surface area is 174 Å². The lowest BCUT2D eigenvalue weighted by atomic mass is 9.95. The zero-order chi connectivity index (χ0) is 21.2. The van der Waals surface area contributed by atoms with E-state index in [-0.39, 0.29) is 5.78 Å². The summed E-state index contributed by atoms with van der Waals surface area (Å²) >= 11 is 0. The van der Waals surface area contributed by atoms with Crippen molar-refractivity contribution in [1.82, 2.24) is 0 Å². The van der Waals surface area contributed by atoms with Crippen LogP contribution in [0.15, 0.2) is 64.8 Å². The van der Waals surface area contributed by atoms with Crippen LogP contribution in [0.4, 0.5) is 0 Å². The molecule has 0 aromatic heterocycles. The molecule has 0 aliphatic carbocycles. The monoisotopic (exact) mass is 386 g/mol. The van der Waals surface area contributed by atoms with E-state index in [0.29, 0.717) is 12.0 Å². The Balaban J connectivity index is 2.37. The number of ketones is 1. The summed E-state index contributed by atoms with van der Waals surface area (Å²) in [5.41, 5.74) is 6.45. The Kier molecular flexibility index (Phi) is 8.55. The average molecular weight is 387 g/mol. The molecule has 2 rings (SSSR count). The van der Waals surface area contributed by atoms with E-state index in [9.17, 15) is 10.1 Å². The molecular weight excluding hydrogens is 356 g/mol. The van der Waals surface area contributed by atoms with Gasteiger partial charge in [-0.3, -0.25) is 9.79 Å². The highest BCUT2D eigenvalue weighted by Gasteiger charge is 2.13. The first-order valence-corrected chi connectivity index (χ1v) is 10.4. The summed E-state index contributed by atoms with van der Waals surface area (Å²) < 4.78 is 0. The number of hydrogen-bond acceptors (Lipinski definition) is 3. The van der Waals surface area contributed by atoms with E-state index in [1.165, 1.54) is 0 Å². The number of Topliss-reactive ketones (excluding diaryl/α,β-unsaturated/α-hetero) is 1. The Morgan fingerprint density at radius 2 is 1.72 bits per heavy atom. The van der Waals surface area contributed by atoms with Gasteiger partial charge in [-0.25, -0.2) is 0 Å². The Morgan fingerprint density at radius 1 is 1.03 bits per heavy atom. The van der Waals surface area contributed by atoms with Gasteiger partial charge in [0.2, 0.25) is 0 Å². The van der Waals surface area contributed by atoms with Gasteiger partial charge in [0, 0.05) is 23.4 Å². The van der Waals surface area contributed by atoms with Gasteiger partial charge >= 0.3 is 0 Å². The predicted molar refractivity (Wildman–Crippen MR) is 121 cm³/mol. The molecule has 3 nitrogen and oxygen atoms in total. The standard InChI is InChI=1S/C26H30N2O/c1-5-7-12-26(28-19(3)6-2)25(20(4)29)17-21-13-15-22(16-14-21)24-11-9-8-10-23(24)18-27/h8-11,13-16H,5-7,12,17H2,1-4H3/b26-25-,28-19+. The first kappa shape index (κ1) is 22.3. The third-order valence-electron chi connectivity index (χ3n) is 5.07. The van der Waals surface area contributed by atoms with E-state index in [2.05, 4.69) is 19.9 Å². The van der Waals surface area contributed by atoms with Gasteiger partial charge in [0.1, 0.15) is 0 Å². The summed E-state index contributed by atoms with van der Waals surface area (Å²) in [5.74, 6) is 0.0858. The Hall–Kier alpha value is -2.99. The molecule has 0 radical (unpaired) electrons. The summed E-state index contributed by atoms with van der Waals surface area (Å²) in [4.78, 5) is 17.2. The molecule has 0 amide bonds. The Bertz CT molecular complexity index is 943. The third-order valence-corrected chi connectivity index (χ3v) is 5.07. The molecule has 2 aromatic carbocycles. The quantitative estimate of drug-likeness (QED) is 0.357. The third kappa shape index (κ3) is 6.26. The highest BCUT2D eigenvalue weighted by molar-refractivity contribution is 5.95. The molecule has 0 aliphatic rings. The number of aliphatic imine (C=N–C) groups is 1. The van der Waals surface area contributed by atoms with E-state index in [4.69, 9.17) is 4.99 Å². The predicted octanol–water partition coefficient (Wildman–Crippen LogP) is 6.67. The summed E-state index contributed by atoms with van der Waals surface area (Å²) in [6.07, 6.45) is 4.39. The van der Waals surface area contributed by atoms with E-state index >= 15 is 0 Å². The van der Waals surface area contributed by atoms with Crippen molar-refractivity contribution in [2.24, 2.45) is 4.99 Å².